The number of fused-ring (bicyclic) bond motifs is 1. The highest BCUT2D eigenvalue weighted by atomic mass is 19.1. The summed E-state index contributed by atoms with van der Waals surface area (Å²) >= 11 is 0. The molecule has 0 bridgehead atoms. The summed E-state index contributed by atoms with van der Waals surface area (Å²) < 4.78 is 13.5. The average molecular weight is 433 g/mol. The number of piperazine rings is 1. The van der Waals surface area contributed by atoms with E-state index >= 15 is 0 Å². The van der Waals surface area contributed by atoms with Gasteiger partial charge in [-0.05, 0) is 38.6 Å². The van der Waals surface area contributed by atoms with Crippen molar-refractivity contribution in [1.29, 1.82) is 0 Å². The minimum absolute atomic E-state index is 0.0717. The fraction of sp³-hybridized carbons (Fsp3) is 0.304. The number of ketones is 1. The van der Waals surface area contributed by atoms with Gasteiger partial charge in [0.05, 0.1) is 11.9 Å². The van der Waals surface area contributed by atoms with Gasteiger partial charge in [0.25, 0.3) is 0 Å². The number of Topliss-reactive ketones (excluding diaryl/α,β-unsaturated/α-hetero) is 1. The van der Waals surface area contributed by atoms with Crippen LogP contribution in [0.3, 0.4) is 0 Å². The normalized spacial score (nSPS) is 14.9. The van der Waals surface area contributed by atoms with Crippen molar-refractivity contribution in [3.8, 4) is 22.6 Å². The topological polar surface area (TPSA) is 93.8 Å². The van der Waals surface area contributed by atoms with E-state index in [0.717, 1.165) is 37.4 Å². The number of aryl methyl sites for hydroxylation is 1. The zero-order valence-electron chi connectivity index (χ0n) is 18.2. The van der Waals surface area contributed by atoms with Gasteiger partial charge in [-0.25, -0.2) is 14.4 Å². The molecule has 9 heteroatoms. The first-order valence-electron chi connectivity index (χ1n) is 10.6. The number of aromatic nitrogens is 5. The van der Waals surface area contributed by atoms with Gasteiger partial charge in [-0.2, -0.15) is 4.98 Å². The molecule has 0 saturated carbocycles. The van der Waals surface area contributed by atoms with Crippen LogP contribution in [-0.2, 0) is 0 Å². The molecule has 1 aliphatic heterocycles. The lowest BCUT2D eigenvalue weighted by Crippen LogP contribution is -2.45. The number of imidazole rings is 1. The molecule has 5 rings (SSSR count). The molecule has 3 aromatic heterocycles. The third kappa shape index (κ3) is 3.54. The van der Waals surface area contributed by atoms with Crippen molar-refractivity contribution in [2.45, 2.75) is 13.8 Å². The van der Waals surface area contributed by atoms with Crippen molar-refractivity contribution in [3.05, 3.63) is 47.5 Å². The standard InChI is InChI=1S/C23H24FN7O/c1-13-18(14(2)32)19(15-4-6-16(24)7-5-15)20(26-13)22-27-17-12-25-23(29-21(17)28-22)31-10-8-30(3)9-11-31/h4-7,12,26H,8-11H2,1-3H3,(H,25,27,28,29). The monoisotopic (exact) mass is 433 g/mol. The number of hydrogen-bond donors (Lipinski definition) is 2. The highest BCUT2D eigenvalue weighted by Gasteiger charge is 2.24. The predicted molar refractivity (Wildman–Crippen MR) is 121 cm³/mol. The molecule has 0 amide bonds. The predicted octanol–water partition coefficient (Wildman–Crippen LogP) is 3.42. The lowest BCUT2D eigenvalue weighted by atomic mass is 9.97. The third-order valence-corrected chi connectivity index (χ3v) is 5.92. The van der Waals surface area contributed by atoms with E-state index in [2.05, 4.69) is 36.8 Å². The van der Waals surface area contributed by atoms with Gasteiger partial charge in [0, 0.05) is 43.0 Å². The molecule has 1 aromatic carbocycles. The molecule has 4 aromatic rings. The summed E-state index contributed by atoms with van der Waals surface area (Å²) in [6.45, 7) is 7.03. The van der Waals surface area contributed by atoms with Crippen molar-refractivity contribution < 1.29 is 9.18 Å². The molecule has 2 N–H and O–H groups in total. The Balaban J connectivity index is 1.60. The summed E-state index contributed by atoms with van der Waals surface area (Å²) in [5, 5.41) is 0. The number of rotatable bonds is 4. The Kier molecular flexibility index (Phi) is 4.97. The van der Waals surface area contributed by atoms with E-state index in [-0.39, 0.29) is 11.6 Å². The van der Waals surface area contributed by atoms with Crippen LogP contribution >= 0.6 is 0 Å². The molecule has 0 aliphatic carbocycles. The molecule has 4 heterocycles. The number of aromatic amines is 2. The first-order valence-corrected chi connectivity index (χ1v) is 10.6. The second kappa shape index (κ2) is 7.83. The zero-order chi connectivity index (χ0) is 22.4. The third-order valence-electron chi connectivity index (χ3n) is 5.92. The van der Waals surface area contributed by atoms with Crippen LogP contribution in [0.15, 0.2) is 30.5 Å². The fourth-order valence-electron chi connectivity index (χ4n) is 4.22. The highest BCUT2D eigenvalue weighted by Crippen LogP contribution is 2.36. The summed E-state index contributed by atoms with van der Waals surface area (Å²) in [6, 6.07) is 6.11. The molecule has 0 atom stereocenters. The van der Waals surface area contributed by atoms with Gasteiger partial charge in [0.1, 0.15) is 11.3 Å². The summed E-state index contributed by atoms with van der Waals surface area (Å²) in [6.07, 6.45) is 1.74. The van der Waals surface area contributed by atoms with Gasteiger partial charge in [-0.3, -0.25) is 4.79 Å². The molecule has 0 spiro atoms. The van der Waals surface area contributed by atoms with E-state index in [9.17, 15) is 9.18 Å². The Hall–Kier alpha value is -3.59. The van der Waals surface area contributed by atoms with Crippen LogP contribution in [0.25, 0.3) is 33.8 Å². The van der Waals surface area contributed by atoms with Crippen LogP contribution in [0, 0.1) is 12.7 Å². The van der Waals surface area contributed by atoms with Crippen molar-refractivity contribution >= 4 is 22.9 Å². The van der Waals surface area contributed by atoms with E-state index in [0.29, 0.717) is 39.8 Å². The van der Waals surface area contributed by atoms with Gasteiger partial charge < -0.3 is 19.8 Å². The molecule has 32 heavy (non-hydrogen) atoms. The van der Waals surface area contributed by atoms with E-state index in [1.807, 2.05) is 6.92 Å². The van der Waals surface area contributed by atoms with Crippen molar-refractivity contribution in [1.82, 2.24) is 29.8 Å². The van der Waals surface area contributed by atoms with E-state index in [1.54, 1.807) is 18.3 Å². The second-order valence-electron chi connectivity index (χ2n) is 8.22. The Morgan fingerprint density at radius 2 is 1.78 bits per heavy atom. The number of carbonyl (C=O) groups excluding carboxylic acids is 1. The van der Waals surface area contributed by atoms with Crippen molar-refractivity contribution in [3.63, 3.8) is 0 Å². The van der Waals surface area contributed by atoms with Crippen LogP contribution in [-0.4, -0.2) is 68.8 Å². The first-order chi connectivity index (χ1) is 15.4. The number of hydrogen-bond acceptors (Lipinski definition) is 6. The minimum atomic E-state index is -0.331. The van der Waals surface area contributed by atoms with E-state index < -0.39 is 0 Å². The quantitative estimate of drug-likeness (QED) is 0.479. The summed E-state index contributed by atoms with van der Waals surface area (Å²) in [4.78, 5) is 37.3. The Labute approximate surface area is 184 Å². The Bertz CT molecular complexity index is 1300. The maximum Gasteiger partial charge on any atom is 0.227 e. The fourth-order valence-corrected chi connectivity index (χ4v) is 4.22. The largest absolute Gasteiger partial charge is 0.355 e. The smallest absolute Gasteiger partial charge is 0.227 e. The van der Waals surface area contributed by atoms with Gasteiger partial charge in [0.15, 0.2) is 17.3 Å². The maximum absolute atomic E-state index is 13.5. The van der Waals surface area contributed by atoms with Crippen LogP contribution in [0.4, 0.5) is 10.3 Å². The van der Waals surface area contributed by atoms with Crippen molar-refractivity contribution in [2.24, 2.45) is 0 Å². The number of H-pyrrole nitrogens is 2. The molecular formula is C23H24FN7O. The van der Waals surface area contributed by atoms with Gasteiger partial charge in [-0.1, -0.05) is 12.1 Å². The van der Waals surface area contributed by atoms with Crippen LogP contribution in [0.5, 0.6) is 0 Å². The summed E-state index contributed by atoms with van der Waals surface area (Å²) in [5.74, 6) is 0.814. The van der Waals surface area contributed by atoms with Crippen LogP contribution < -0.4 is 4.90 Å². The van der Waals surface area contributed by atoms with Gasteiger partial charge >= 0.3 is 0 Å². The van der Waals surface area contributed by atoms with Gasteiger partial charge in [0.2, 0.25) is 5.95 Å². The average Bonchev–Trinajstić information content (AvgIpc) is 3.35. The van der Waals surface area contributed by atoms with Crippen molar-refractivity contribution in [2.75, 3.05) is 38.1 Å². The number of likely N-dealkylation sites (N-methyl/N-ethyl adjacent to an activating group) is 1. The highest BCUT2D eigenvalue weighted by molar-refractivity contribution is 6.05. The Morgan fingerprint density at radius 3 is 2.47 bits per heavy atom. The first kappa shape index (κ1) is 20.3. The number of benzene rings is 1. The van der Waals surface area contributed by atoms with E-state index in [4.69, 9.17) is 4.98 Å². The van der Waals surface area contributed by atoms with Crippen LogP contribution in [0.2, 0.25) is 0 Å². The molecule has 1 aliphatic rings. The maximum atomic E-state index is 13.5. The number of anilines is 1. The summed E-state index contributed by atoms with van der Waals surface area (Å²) in [7, 11) is 2.10. The molecular weight excluding hydrogens is 409 g/mol. The number of nitrogens with one attached hydrogen (secondary N) is 2. The molecule has 0 radical (unpaired) electrons. The molecule has 1 fully saturated rings. The number of halogens is 1. The molecule has 0 unspecified atom stereocenters. The zero-order valence-corrected chi connectivity index (χ0v) is 18.2. The second-order valence-corrected chi connectivity index (χ2v) is 8.22. The summed E-state index contributed by atoms with van der Waals surface area (Å²) in [5.41, 5.74) is 4.67. The number of carbonyl (C=O) groups is 1. The number of nitrogens with zero attached hydrogens (tertiary/aromatic N) is 5. The lowest BCUT2D eigenvalue weighted by Gasteiger charge is -2.32. The lowest BCUT2D eigenvalue weighted by molar-refractivity contribution is 0.101. The van der Waals surface area contributed by atoms with Crippen LogP contribution in [0.1, 0.15) is 23.0 Å². The molecule has 164 valence electrons. The minimum Gasteiger partial charge on any atom is -0.355 e. The molecule has 8 nitrogen and oxygen atoms in total. The van der Waals surface area contributed by atoms with E-state index in [1.165, 1.54) is 19.1 Å². The Morgan fingerprint density at radius 1 is 1.06 bits per heavy atom. The molecule has 1 saturated heterocycles. The SMILES string of the molecule is CC(=O)c1c(C)[nH]c(-c2nc3nc(N4CCN(C)CC4)ncc3[nH]2)c1-c1ccc(F)cc1. The van der Waals surface area contributed by atoms with Gasteiger partial charge in [-0.15, -0.1) is 0 Å².